The number of nitrogens with two attached hydrogens (primary N) is 1. The molecule has 1 heterocycles. The van der Waals surface area contributed by atoms with Crippen LogP contribution >= 0.6 is 0 Å². The predicted octanol–water partition coefficient (Wildman–Crippen LogP) is 2.51. The lowest BCUT2D eigenvalue weighted by atomic mass is 9.91. The van der Waals surface area contributed by atoms with E-state index in [0.29, 0.717) is 12.4 Å². The van der Waals surface area contributed by atoms with Gasteiger partial charge in [-0.25, -0.2) is 4.68 Å². The minimum atomic E-state index is -0.0573. The number of nitrogens with zero attached hydrogens (tertiary/aromatic N) is 3. The third kappa shape index (κ3) is 2.53. The van der Waals surface area contributed by atoms with E-state index in [4.69, 9.17) is 5.73 Å². The van der Waals surface area contributed by atoms with E-state index in [1.54, 1.807) is 0 Å². The molecule has 18 heavy (non-hydrogen) atoms. The van der Waals surface area contributed by atoms with Crippen molar-refractivity contribution in [1.29, 1.82) is 0 Å². The normalized spacial score (nSPS) is 11.8. The lowest BCUT2D eigenvalue weighted by Crippen LogP contribution is -2.20. The van der Waals surface area contributed by atoms with Crippen LogP contribution in [-0.2, 0) is 12.0 Å². The topological polar surface area (TPSA) is 56.7 Å². The summed E-state index contributed by atoms with van der Waals surface area (Å²) < 4.78 is 1.89. The molecule has 0 saturated carbocycles. The Balaban J connectivity index is 2.33. The second kappa shape index (κ2) is 4.44. The van der Waals surface area contributed by atoms with Crippen molar-refractivity contribution in [2.75, 3.05) is 5.73 Å². The van der Waals surface area contributed by atoms with Crippen molar-refractivity contribution in [2.24, 2.45) is 0 Å². The van der Waals surface area contributed by atoms with Gasteiger partial charge >= 0.3 is 0 Å². The van der Waals surface area contributed by atoms with Crippen LogP contribution in [0.1, 0.15) is 37.6 Å². The SMILES string of the molecule is Cc1ccc(Cn2nnc(N)c2C(C)(C)C)cc1. The molecule has 0 bridgehead atoms. The Labute approximate surface area is 108 Å². The van der Waals surface area contributed by atoms with Gasteiger partial charge in [0.15, 0.2) is 5.82 Å². The fraction of sp³-hybridized carbons (Fsp3) is 0.429. The second-order valence-electron chi connectivity index (χ2n) is 5.72. The number of anilines is 1. The van der Waals surface area contributed by atoms with Gasteiger partial charge in [0.1, 0.15) is 0 Å². The molecular weight excluding hydrogens is 224 g/mol. The molecule has 0 saturated heterocycles. The van der Waals surface area contributed by atoms with Crippen LogP contribution in [0.15, 0.2) is 24.3 Å². The zero-order valence-electron chi connectivity index (χ0n) is 11.4. The zero-order chi connectivity index (χ0) is 13.3. The van der Waals surface area contributed by atoms with Crippen LogP contribution in [0.3, 0.4) is 0 Å². The Kier molecular flexibility index (Phi) is 3.11. The molecule has 0 amide bonds. The highest BCUT2D eigenvalue weighted by atomic mass is 15.4. The number of benzene rings is 1. The molecule has 2 aromatic rings. The van der Waals surface area contributed by atoms with Gasteiger partial charge in [0, 0.05) is 5.41 Å². The molecule has 0 unspecified atom stereocenters. The Morgan fingerprint density at radius 1 is 1.17 bits per heavy atom. The van der Waals surface area contributed by atoms with Gasteiger partial charge in [-0.1, -0.05) is 55.8 Å². The Bertz CT molecular complexity index is 532. The van der Waals surface area contributed by atoms with Crippen molar-refractivity contribution in [2.45, 2.75) is 39.7 Å². The average Bonchev–Trinajstić information content (AvgIpc) is 2.63. The van der Waals surface area contributed by atoms with Crippen molar-refractivity contribution in [3.05, 3.63) is 41.1 Å². The van der Waals surface area contributed by atoms with E-state index in [9.17, 15) is 0 Å². The van der Waals surface area contributed by atoms with Crippen molar-refractivity contribution in [3.63, 3.8) is 0 Å². The van der Waals surface area contributed by atoms with Gasteiger partial charge in [0.2, 0.25) is 0 Å². The lowest BCUT2D eigenvalue weighted by Gasteiger charge is -2.20. The van der Waals surface area contributed by atoms with Crippen molar-refractivity contribution >= 4 is 5.82 Å². The summed E-state index contributed by atoms with van der Waals surface area (Å²) in [6, 6.07) is 8.43. The van der Waals surface area contributed by atoms with Crippen LogP contribution in [-0.4, -0.2) is 15.0 Å². The first-order valence-corrected chi connectivity index (χ1v) is 6.13. The first-order valence-electron chi connectivity index (χ1n) is 6.13. The molecule has 1 aromatic carbocycles. The number of aromatic nitrogens is 3. The van der Waals surface area contributed by atoms with Gasteiger partial charge in [-0.2, -0.15) is 0 Å². The van der Waals surface area contributed by atoms with E-state index in [2.05, 4.69) is 62.3 Å². The highest BCUT2D eigenvalue weighted by Crippen LogP contribution is 2.26. The van der Waals surface area contributed by atoms with E-state index < -0.39 is 0 Å². The molecule has 0 fully saturated rings. The summed E-state index contributed by atoms with van der Waals surface area (Å²) in [6.45, 7) is 9.14. The number of hydrogen-bond donors (Lipinski definition) is 1. The summed E-state index contributed by atoms with van der Waals surface area (Å²) in [7, 11) is 0. The molecule has 1 aromatic heterocycles. The lowest BCUT2D eigenvalue weighted by molar-refractivity contribution is 0.502. The van der Waals surface area contributed by atoms with Crippen molar-refractivity contribution in [1.82, 2.24) is 15.0 Å². The van der Waals surface area contributed by atoms with Crippen LogP contribution in [0, 0.1) is 6.92 Å². The molecule has 2 rings (SSSR count). The van der Waals surface area contributed by atoms with Crippen LogP contribution in [0.25, 0.3) is 0 Å². The summed E-state index contributed by atoms with van der Waals surface area (Å²) in [4.78, 5) is 0. The van der Waals surface area contributed by atoms with E-state index in [0.717, 1.165) is 5.69 Å². The number of rotatable bonds is 2. The van der Waals surface area contributed by atoms with Gasteiger partial charge in [0.25, 0.3) is 0 Å². The Hall–Kier alpha value is -1.84. The molecule has 0 atom stereocenters. The predicted molar refractivity (Wildman–Crippen MR) is 73.4 cm³/mol. The quantitative estimate of drug-likeness (QED) is 0.883. The molecule has 4 nitrogen and oxygen atoms in total. The highest BCUT2D eigenvalue weighted by Gasteiger charge is 2.23. The maximum Gasteiger partial charge on any atom is 0.169 e. The van der Waals surface area contributed by atoms with E-state index >= 15 is 0 Å². The standard InChI is InChI=1S/C14H20N4/c1-10-5-7-11(8-6-10)9-18-12(14(2,3)4)13(15)16-17-18/h5-8H,9,15H2,1-4H3. The Morgan fingerprint density at radius 2 is 1.78 bits per heavy atom. The van der Waals surface area contributed by atoms with Crippen LogP contribution in [0.2, 0.25) is 0 Å². The average molecular weight is 244 g/mol. The molecule has 0 radical (unpaired) electrons. The fourth-order valence-electron chi connectivity index (χ4n) is 2.07. The molecule has 4 heteroatoms. The van der Waals surface area contributed by atoms with Gasteiger partial charge in [-0.05, 0) is 12.5 Å². The first-order chi connectivity index (χ1) is 8.38. The van der Waals surface area contributed by atoms with E-state index in [-0.39, 0.29) is 5.41 Å². The maximum atomic E-state index is 5.91. The Morgan fingerprint density at radius 3 is 2.33 bits per heavy atom. The number of nitrogen functional groups attached to an aromatic ring is 1. The van der Waals surface area contributed by atoms with Crippen LogP contribution < -0.4 is 5.73 Å². The second-order valence-corrected chi connectivity index (χ2v) is 5.72. The molecular formula is C14H20N4. The largest absolute Gasteiger partial charge is 0.381 e. The number of aryl methyl sites for hydroxylation is 1. The minimum absolute atomic E-state index is 0.0573. The van der Waals surface area contributed by atoms with E-state index in [1.165, 1.54) is 11.1 Å². The van der Waals surface area contributed by atoms with Gasteiger partial charge in [-0.3, -0.25) is 0 Å². The summed E-state index contributed by atoms with van der Waals surface area (Å²) in [6.07, 6.45) is 0. The van der Waals surface area contributed by atoms with Gasteiger partial charge < -0.3 is 5.73 Å². The molecule has 0 spiro atoms. The summed E-state index contributed by atoms with van der Waals surface area (Å²) in [5.41, 5.74) is 9.30. The summed E-state index contributed by atoms with van der Waals surface area (Å²) in [5.74, 6) is 0.523. The smallest absolute Gasteiger partial charge is 0.169 e. The zero-order valence-corrected chi connectivity index (χ0v) is 11.4. The van der Waals surface area contributed by atoms with Crippen LogP contribution in [0.5, 0.6) is 0 Å². The van der Waals surface area contributed by atoms with Gasteiger partial charge in [-0.15, -0.1) is 5.10 Å². The highest BCUT2D eigenvalue weighted by molar-refractivity contribution is 5.38. The van der Waals surface area contributed by atoms with Crippen LogP contribution in [0.4, 0.5) is 5.82 Å². The molecule has 2 N–H and O–H groups in total. The molecule has 0 aliphatic heterocycles. The van der Waals surface area contributed by atoms with E-state index in [1.807, 2.05) is 4.68 Å². The maximum absolute atomic E-state index is 5.91. The van der Waals surface area contributed by atoms with Crippen molar-refractivity contribution in [3.8, 4) is 0 Å². The minimum Gasteiger partial charge on any atom is -0.381 e. The monoisotopic (exact) mass is 244 g/mol. The summed E-state index contributed by atoms with van der Waals surface area (Å²) >= 11 is 0. The first kappa shape index (κ1) is 12.6. The molecule has 0 aliphatic carbocycles. The third-order valence-corrected chi connectivity index (χ3v) is 2.92. The fourth-order valence-corrected chi connectivity index (χ4v) is 2.07. The third-order valence-electron chi connectivity index (χ3n) is 2.92. The summed E-state index contributed by atoms with van der Waals surface area (Å²) in [5, 5.41) is 8.13. The number of hydrogen-bond acceptors (Lipinski definition) is 3. The molecule has 0 aliphatic rings. The van der Waals surface area contributed by atoms with Crippen molar-refractivity contribution < 1.29 is 0 Å². The molecule has 96 valence electrons. The van der Waals surface area contributed by atoms with Gasteiger partial charge in [0.05, 0.1) is 12.2 Å².